The van der Waals surface area contributed by atoms with E-state index in [9.17, 15) is 4.39 Å². The molecular weight excluding hydrogens is 357 g/mol. The van der Waals surface area contributed by atoms with Crippen LogP contribution >= 0.6 is 0 Å². The zero-order valence-corrected chi connectivity index (χ0v) is 16.4. The molecule has 0 bridgehead atoms. The van der Waals surface area contributed by atoms with Gasteiger partial charge in [0, 0.05) is 16.7 Å². The summed E-state index contributed by atoms with van der Waals surface area (Å²) in [4.78, 5) is 8.60. The van der Waals surface area contributed by atoms with Crippen LogP contribution in [0.1, 0.15) is 50.3 Å². The number of aryl methyl sites for hydroxylation is 1. The number of nitrogens with zero attached hydrogens (tertiary/aromatic N) is 4. The average Bonchev–Trinajstić information content (AvgIpc) is 3.27. The van der Waals surface area contributed by atoms with Crippen molar-refractivity contribution in [3.63, 3.8) is 0 Å². The zero-order valence-electron chi connectivity index (χ0n) is 16.4. The first-order valence-corrected chi connectivity index (χ1v) is 9.31. The van der Waals surface area contributed by atoms with Crippen molar-refractivity contribution in [2.24, 2.45) is 0 Å². The highest BCUT2D eigenvalue weighted by Gasteiger charge is 2.21. The molecule has 0 radical (unpaired) electrons. The largest absolute Gasteiger partial charge is 0.403 e. The molecule has 0 unspecified atom stereocenters. The minimum atomic E-state index is -0.372. The van der Waals surface area contributed by atoms with Crippen LogP contribution < -0.4 is 5.32 Å². The Kier molecular flexibility index (Phi) is 4.45. The van der Waals surface area contributed by atoms with E-state index in [4.69, 9.17) is 4.42 Å². The van der Waals surface area contributed by atoms with Crippen LogP contribution in [0.15, 0.2) is 34.9 Å². The van der Waals surface area contributed by atoms with Gasteiger partial charge in [0.25, 0.3) is 0 Å². The third-order valence-electron chi connectivity index (χ3n) is 4.47. The van der Waals surface area contributed by atoms with Crippen LogP contribution in [-0.4, -0.2) is 25.7 Å². The predicted octanol–water partition coefficient (Wildman–Crippen LogP) is 4.43. The Morgan fingerprint density at radius 1 is 1.21 bits per heavy atom. The molecule has 3 aromatic rings. The molecule has 1 aliphatic carbocycles. The van der Waals surface area contributed by atoms with Gasteiger partial charge in [-0.15, -0.1) is 5.10 Å². The summed E-state index contributed by atoms with van der Waals surface area (Å²) < 4.78 is 19.5. The van der Waals surface area contributed by atoms with Crippen molar-refractivity contribution in [2.45, 2.75) is 46.1 Å². The second-order valence-corrected chi connectivity index (χ2v) is 7.82. The summed E-state index contributed by atoms with van der Waals surface area (Å²) >= 11 is 0. The highest BCUT2D eigenvalue weighted by Crippen LogP contribution is 2.34. The molecule has 1 aromatic carbocycles. The van der Waals surface area contributed by atoms with E-state index in [0.29, 0.717) is 29.8 Å². The predicted molar refractivity (Wildman–Crippen MR) is 105 cm³/mol. The van der Waals surface area contributed by atoms with E-state index in [0.717, 1.165) is 28.7 Å². The van der Waals surface area contributed by atoms with Crippen LogP contribution in [0.2, 0.25) is 0 Å². The fraction of sp³-hybridized carbons (Fsp3) is 0.333. The Morgan fingerprint density at radius 2 is 2.04 bits per heavy atom. The molecule has 1 N–H and O–H groups in total. The van der Waals surface area contributed by atoms with E-state index in [1.54, 1.807) is 0 Å². The van der Waals surface area contributed by atoms with Crippen molar-refractivity contribution in [2.75, 3.05) is 5.32 Å². The fourth-order valence-electron chi connectivity index (χ4n) is 3.16. The van der Waals surface area contributed by atoms with Gasteiger partial charge in [-0.1, -0.05) is 24.2 Å². The summed E-state index contributed by atoms with van der Waals surface area (Å²) in [6.45, 7) is 7.95. The lowest BCUT2D eigenvalue weighted by Crippen LogP contribution is -2.26. The standard InChI is InChI=1S/C21H22FN5O/c1-5-17-16(22)11-23-18(24-17)14-9-8-12-6-7-13(10-15(12)14)19-26-27-20(28-19)25-21(2,3)4/h6-7,9-11H,5,8H2,1-4H3,(H,25,27). The molecule has 2 aromatic heterocycles. The van der Waals surface area contributed by atoms with E-state index in [2.05, 4.69) is 31.6 Å². The lowest BCUT2D eigenvalue weighted by molar-refractivity contribution is 0.538. The Labute approximate surface area is 162 Å². The number of rotatable bonds is 4. The minimum absolute atomic E-state index is 0.172. The second-order valence-electron chi connectivity index (χ2n) is 7.82. The van der Waals surface area contributed by atoms with E-state index in [-0.39, 0.29) is 11.4 Å². The molecule has 4 rings (SSSR count). The monoisotopic (exact) mass is 379 g/mol. The number of nitrogens with one attached hydrogen (secondary N) is 1. The number of aromatic nitrogens is 4. The van der Waals surface area contributed by atoms with Crippen molar-refractivity contribution >= 4 is 11.6 Å². The second kappa shape index (κ2) is 6.82. The van der Waals surface area contributed by atoms with Crippen LogP contribution in [0.4, 0.5) is 10.4 Å². The number of halogens is 1. The van der Waals surface area contributed by atoms with E-state index < -0.39 is 0 Å². The van der Waals surface area contributed by atoms with Gasteiger partial charge in [0.2, 0.25) is 5.89 Å². The molecule has 144 valence electrons. The molecule has 7 heteroatoms. The zero-order chi connectivity index (χ0) is 19.9. The molecule has 6 nitrogen and oxygen atoms in total. The maximum absolute atomic E-state index is 13.8. The van der Waals surface area contributed by atoms with Crippen molar-refractivity contribution in [3.05, 3.63) is 58.9 Å². The molecular formula is C21H22FN5O. The van der Waals surface area contributed by atoms with Crippen molar-refractivity contribution in [1.29, 1.82) is 0 Å². The first-order valence-electron chi connectivity index (χ1n) is 9.31. The summed E-state index contributed by atoms with van der Waals surface area (Å²) in [5, 5.41) is 11.4. The smallest absolute Gasteiger partial charge is 0.316 e. The molecule has 0 aliphatic heterocycles. The molecule has 0 saturated carbocycles. The number of anilines is 1. The SMILES string of the molecule is CCc1nc(C2=CCc3ccc(-c4nnc(NC(C)(C)C)o4)cc32)ncc1F. The molecule has 28 heavy (non-hydrogen) atoms. The quantitative estimate of drug-likeness (QED) is 0.723. The summed E-state index contributed by atoms with van der Waals surface area (Å²) in [5.74, 6) is 0.605. The Balaban J connectivity index is 1.68. The van der Waals surface area contributed by atoms with E-state index in [1.807, 2.05) is 45.9 Å². The minimum Gasteiger partial charge on any atom is -0.403 e. The Hall–Kier alpha value is -3.09. The number of hydrogen-bond acceptors (Lipinski definition) is 6. The van der Waals surface area contributed by atoms with Crippen LogP contribution in [0.5, 0.6) is 0 Å². The number of allylic oxidation sites excluding steroid dienone is 1. The van der Waals surface area contributed by atoms with Crippen molar-refractivity contribution in [3.8, 4) is 11.5 Å². The Bertz CT molecular complexity index is 1060. The summed E-state index contributed by atoms with van der Waals surface area (Å²) in [7, 11) is 0. The molecule has 0 spiro atoms. The third-order valence-corrected chi connectivity index (χ3v) is 4.47. The third kappa shape index (κ3) is 3.52. The highest BCUT2D eigenvalue weighted by atomic mass is 19.1. The van der Waals surface area contributed by atoms with Gasteiger partial charge in [0.05, 0.1) is 11.9 Å². The fourth-order valence-corrected chi connectivity index (χ4v) is 3.16. The first kappa shape index (κ1) is 18.3. The number of benzene rings is 1. The van der Waals surface area contributed by atoms with Crippen LogP contribution in [0.25, 0.3) is 17.0 Å². The first-order chi connectivity index (χ1) is 13.3. The molecule has 2 heterocycles. The lowest BCUT2D eigenvalue weighted by Gasteiger charge is -2.17. The van der Waals surface area contributed by atoms with Gasteiger partial charge in [-0.25, -0.2) is 14.4 Å². The van der Waals surface area contributed by atoms with Gasteiger partial charge in [0.15, 0.2) is 11.6 Å². The normalized spacial score (nSPS) is 13.4. The van der Waals surface area contributed by atoms with E-state index in [1.165, 1.54) is 6.20 Å². The van der Waals surface area contributed by atoms with Crippen molar-refractivity contribution in [1.82, 2.24) is 20.2 Å². The maximum atomic E-state index is 13.8. The van der Waals surface area contributed by atoms with Gasteiger partial charge >= 0.3 is 6.01 Å². The highest BCUT2D eigenvalue weighted by molar-refractivity contribution is 5.83. The lowest BCUT2D eigenvalue weighted by atomic mass is 10.0. The summed E-state index contributed by atoms with van der Waals surface area (Å²) in [5.41, 5.74) is 4.14. The van der Waals surface area contributed by atoms with Gasteiger partial charge in [-0.3, -0.25) is 0 Å². The average molecular weight is 379 g/mol. The molecule has 0 saturated heterocycles. The van der Waals surface area contributed by atoms with Crippen LogP contribution in [0.3, 0.4) is 0 Å². The number of fused-ring (bicyclic) bond motifs is 1. The van der Waals surface area contributed by atoms with Gasteiger partial charge in [-0.05, 0) is 56.9 Å². The van der Waals surface area contributed by atoms with Gasteiger partial charge < -0.3 is 9.73 Å². The summed E-state index contributed by atoms with van der Waals surface area (Å²) in [6, 6.07) is 6.39. The van der Waals surface area contributed by atoms with Crippen LogP contribution in [0, 0.1) is 5.82 Å². The molecule has 1 aliphatic rings. The summed E-state index contributed by atoms with van der Waals surface area (Å²) in [6.07, 6.45) is 4.62. The number of hydrogen-bond donors (Lipinski definition) is 1. The molecule has 0 fully saturated rings. The topological polar surface area (TPSA) is 76.7 Å². The van der Waals surface area contributed by atoms with Crippen molar-refractivity contribution < 1.29 is 8.81 Å². The van der Waals surface area contributed by atoms with E-state index >= 15 is 0 Å². The van der Waals surface area contributed by atoms with Crippen LogP contribution in [-0.2, 0) is 12.8 Å². The molecule has 0 amide bonds. The van der Waals surface area contributed by atoms with Gasteiger partial charge in [-0.2, -0.15) is 0 Å². The Morgan fingerprint density at radius 3 is 2.79 bits per heavy atom. The maximum Gasteiger partial charge on any atom is 0.316 e. The van der Waals surface area contributed by atoms with Gasteiger partial charge in [0.1, 0.15) is 0 Å². The molecule has 0 atom stereocenters.